The average Bonchev–Trinajstić information content (AvgIpc) is 2.38. The van der Waals surface area contributed by atoms with Gasteiger partial charge in [-0.05, 0) is 12.1 Å². The summed E-state index contributed by atoms with van der Waals surface area (Å²) in [6.45, 7) is 0.326. The van der Waals surface area contributed by atoms with Crippen LogP contribution in [0.5, 0.6) is 0 Å². The lowest BCUT2D eigenvalue weighted by molar-refractivity contribution is -0.384. The largest absolute Gasteiger partial charge is 0.384 e. The number of hydrogen-bond donors (Lipinski definition) is 1. The Morgan fingerprint density at radius 2 is 2.00 bits per heavy atom. The third kappa shape index (κ3) is 3.02. The van der Waals surface area contributed by atoms with Gasteiger partial charge in [-0.2, -0.15) is 0 Å². The van der Waals surface area contributed by atoms with E-state index in [2.05, 4.69) is 9.97 Å². The van der Waals surface area contributed by atoms with Crippen molar-refractivity contribution in [2.45, 2.75) is 6.61 Å². The number of aromatic nitrogens is 2. The van der Waals surface area contributed by atoms with E-state index < -0.39 is 4.92 Å². The predicted molar refractivity (Wildman–Crippen MR) is 69.2 cm³/mol. The second-order valence-electron chi connectivity index (χ2n) is 3.84. The maximum Gasteiger partial charge on any atom is 0.269 e. The lowest BCUT2D eigenvalue weighted by Gasteiger charge is -2.05. The summed E-state index contributed by atoms with van der Waals surface area (Å²) in [7, 11) is 1.56. The van der Waals surface area contributed by atoms with Crippen LogP contribution in [0, 0.1) is 10.1 Å². The fourth-order valence-electron chi connectivity index (χ4n) is 1.60. The van der Waals surface area contributed by atoms with Crippen molar-refractivity contribution in [3.63, 3.8) is 0 Å². The van der Waals surface area contributed by atoms with Crippen molar-refractivity contribution < 1.29 is 9.66 Å². The van der Waals surface area contributed by atoms with Gasteiger partial charge in [-0.1, -0.05) is 0 Å². The van der Waals surface area contributed by atoms with Crippen molar-refractivity contribution in [1.82, 2.24) is 9.97 Å². The van der Waals surface area contributed by atoms with E-state index in [4.69, 9.17) is 10.5 Å². The van der Waals surface area contributed by atoms with Crippen LogP contribution in [-0.2, 0) is 11.3 Å². The first kappa shape index (κ1) is 12.9. The lowest BCUT2D eigenvalue weighted by Crippen LogP contribution is -2.01. The minimum Gasteiger partial charge on any atom is -0.384 e. The van der Waals surface area contributed by atoms with Crippen molar-refractivity contribution in [3.8, 4) is 11.4 Å². The number of methoxy groups -OCH3 is 1. The van der Waals surface area contributed by atoms with Gasteiger partial charge < -0.3 is 10.5 Å². The quantitative estimate of drug-likeness (QED) is 0.663. The number of nitro groups is 1. The van der Waals surface area contributed by atoms with E-state index in [1.165, 1.54) is 12.1 Å². The maximum absolute atomic E-state index is 10.6. The molecular formula is C12H12N4O3. The number of hydrogen-bond acceptors (Lipinski definition) is 6. The smallest absolute Gasteiger partial charge is 0.269 e. The van der Waals surface area contributed by atoms with Crippen LogP contribution in [-0.4, -0.2) is 22.0 Å². The van der Waals surface area contributed by atoms with Crippen molar-refractivity contribution >= 4 is 11.5 Å². The SMILES string of the molecule is COCc1cc(N)nc(-c2ccc([N+](=O)[O-])cc2)n1. The zero-order chi connectivity index (χ0) is 13.8. The number of non-ortho nitro benzene ring substituents is 1. The van der Waals surface area contributed by atoms with Crippen LogP contribution in [0.25, 0.3) is 11.4 Å². The highest BCUT2D eigenvalue weighted by Gasteiger charge is 2.08. The van der Waals surface area contributed by atoms with Gasteiger partial charge >= 0.3 is 0 Å². The van der Waals surface area contributed by atoms with Gasteiger partial charge in [-0.3, -0.25) is 10.1 Å². The highest BCUT2D eigenvalue weighted by Crippen LogP contribution is 2.20. The van der Waals surface area contributed by atoms with E-state index >= 15 is 0 Å². The lowest BCUT2D eigenvalue weighted by atomic mass is 10.2. The average molecular weight is 260 g/mol. The zero-order valence-electron chi connectivity index (χ0n) is 10.2. The van der Waals surface area contributed by atoms with Crippen LogP contribution >= 0.6 is 0 Å². The maximum atomic E-state index is 10.6. The molecular weight excluding hydrogens is 248 g/mol. The normalized spacial score (nSPS) is 10.4. The van der Waals surface area contributed by atoms with Crippen molar-refractivity contribution in [3.05, 3.63) is 46.1 Å². The van der Waals surface area contributed by atoms with Crippen molar-refractivity contribution in [1.29, 1.82) is 0 Å². The van der Waals surface area contributed by atoms with Crippen LogP contribution in [0.1, 0.15) is 5.69 Å². The highest BCUT2D eigenvalue weighted by atomic mass is 16.6. The third-order valence-electron chi connectivity index (χ3n) is 2.43. The number of anilines is 1. The Kier molecular flexibility index (Phi) is 3.67. The number of ether oxygens (including phenoxy) is 1. The second-order valence-corrected chi connectivity index (χ2v) is 3.84. The molecule has 0 saturated heterocycles. The molecule has 19 heavy (non-hydrogen) atoms. The summed E-state index contributed by atoms with van der Waals surface area (Å²) in [5, 5.41) is 10.6. The van der Waals surface area contributed by atoms with Gasteiger partial charge in [-0.25, -0.2) is 9.97 Å². The summed E-state index contributed by atoms with van der Waals surface area (Å²) in [4.78, 5) is 18.5. The highest BCUT2D eigenvalue weighted by molar-refractivity contribution is 5.59. The van der Waals surface area contributed by atoms with E-state index in [1.807, 2.05) is 0 Å². The number of nitrogens with two attached hydrogens (primary N) is 1. The molecule has 7 heteroatoms. The molecule has 0 saturated carbocycles. The number of benzene rings is 1. The van der Waals surface area contributed by atoms with E-state index in [9.17, 15) is 10.1 Å². The van der Waals surface area contributed by atoms with Crippen LogP contribution in [0.4, 0.5) is 11.5 Å². The van der Waals surface area contributed by atoms with Crippen LogP contribution in [0.3, 0.4) is 0 Å². The Bertz CT molecular complexity index is 598. The molecule has 0 unspecified atom stereocenters. The number of rotatable bonds is 4. The van der Waals surface area contributed by atoms with Gasteiger partial charge in [0.15, 0.2) is 5.82 Å². The molecule has 0 aliphatic carbocycles. The fourth-order valence-corrected chi connectivity index (χ4v) is 1.60. The molecule has 0 aliphatic rings. The minimum atomic E-state index is -0.458. The van der Waals surface area contributed by atoms with Gasteiger partial charge in [0.2, 0.25) is 0 Å². The van der Waals surface area contributed by atoms with Gasteiger partial charge in [0, 0.05) is 30.9 Å². The summed E-state index contributed by atoms with van der Waals surface area (Å²) in [6.07, 6.45) is 0. The number of nitrogens with zero attached hydrogens (tertiary/aromatic N) is 3. The molecule has 1 aromatic carbocycles. The Morgan fingerprint density at radius 3 is 2.58 bits per heavy atom. The Hall–Kier alpha value is -2.54. The Labute approximate surface area is 109 Å². The van der Waals surface area contributed by atoms with Gasteiger partial charge in [0.05, 0.1) is 17.2 Å². The predicted octanol–water partition coefficient (Wildman–Crippen LogP) is 1.78. The van der Waals surface area contributed by atoms with Crippen molar-refractivity contribution in [2.75, 3.05) is 12.8 Å². The molecule has 0 atom stereocenters. The van der Waals surface area contributed by atoms with E-state index in [1.54, 1.807) is 25.3 Å². The monoisotopic (exact) mass is 260 g/mol. The molecule has 2 rings (SSSR count). The molecule has 2 aromatic rings. The Morgan fingerprint density at radius 1 is 1.32 bits per heavy atom. The topological polar surface area (TPSA) is 104 Å². The van der Waals surface area contributed by atoms with Crippen molar-refractivity contribution in [2.24, 2.45) is 0 Å². The van der Waals surface area contributed by atoms with E-state index in [0.717, 1.165) is 0 Å². The zero-order valence-corrected chi connectivity index (χ0v) is 10.2. The molecule has 0 bridgehead atoms. The fraction of sp³-hybridized carbons (Fsp3) is 0.167. The first-order valence-corrected chi connectivity index (χ1v) is 5.47. The first-order valence-electron chi connectivity index (χ1n) is 5.47. The summed E-state index contributed by atoms with van der Waals surface area (Å²) in [5.74, 6) is 0.748. The number of nitrogen functional groups attached to an aromatic ring is 1. The first-order chi connectivity index (χ1) is 9.10. The minimum absolute atomic E-state index is 0.0183. The molecule has 1 aromatic heterocycles. The summed E-state index contributed by atoms with van der Waals surface area (Å²) in [5.41, 5.74) is 7.03. The van der Waals surface area contributed by atoms with Crippen LogP contribution in [0.15, 0.2) is 30.3 Å². The Balaban J connectivity index is 2.37. The molecule has 0 radical (unpaired) electrons. The molecule has 2 N–H and O–H groups in total. The van der Waals surface area contributed by atoms with Crippen LogP contribution in [0.2, 0.25) is 0 Å². The standard InChI is InChI=1S/C12H12N4O3/c1-19-7-9-6-11(13)15-12(14-9)8-2-4-10(5-3-8)16(17)18/h2-6H,7H2,1H3,(H2,13,14,15). The van der Waals surface area contributed by atoms with E-state index in [-0.39, 0.29) is 5.69 Å². The van der Waals surface area contributed by atoms with E-state index in [0.29, 0.717) is 29.5 Å². The van der Waals surface area contributed by atoms with Gasteiger partial charge in [-0.15, -0.1) is 0 Å². The molecule has 0 aliphatic heterocycles. The van der Waals surface area contributed by atoms with Gasteiger partial charge in [0.25, 0.3) is 5.69 Å². The van der Waals surface area contributed by atoms with Gasteiger partial charge in [0.1, 0.15) is 5.82 Å². The molecule has 98 valence electrons. The summed E-state index contributed by atoms with van der Waals surface area (Å²) < 4.78 is 4.99. The molecule has 7 nitrogen and oxygen atoms in total. The molecule has 0 spiro atoms. The molecule has 0 amide bonds. The molecule has 1 heterocycles. The second kappa shape index (κ2) is 5.40. The summed E-state index contributed by atoms with van der Waals surface area (Å²) >= 11 is 0. The third-order valence-corrected chi connectivity index (χ3v) is 2.43. The summed E-state index contributed by atoms with van der Waals surface area (Å²) in [6, 6.07) is 7.60. The van der Waals surface area contributed by atoms with Crippen LogP contribution < -0.4 is 5.73 Å². The molecule has 0 fully saturated rings. The number of nitro benzene ring substituents is 1.